The zero-order valence-electron chi connectivity index (χ0n) is 18.8. The Hall–Kier alpha value is -3.68. The number of fused-ring (bicyclic) bond motifs is 1. The summed E-state index contributed by atoms with van der Waals surface area (Å²) in [5.74, 6) is 2.79. The van der Waals surface area contributed by atoms with Crippen LogP contribution < -0.4 is 19.5 Å². The highest BCUT2D eigenvalue weighted by Gasteiger charge is 2.28. The molecule has 0 bridgehead atoms. The second kappa shape index (κ2) is 9.21. The van der Waals surface area contributed by atoms with Crippen molar-refractivity contribution in [3.63, 3.8) is 0 Å². The van der Waals surface area contributed by atoms with Crippen LogP contribution in [-0.2, 0) is 20.0 Å². The molecule has 1 N–H and O–H groups in total. The molecule has 0 saturated carbocycles. The highest BCUT2D eigenvalue weighted by molar-refractivity contribution is 5.76. The van der Waals surface area contributed by atoms with Gasteiger partial charge in [0.05, 0.1) is 21.3 Å². The molecule has 2 amide bonds. The van der Waals surface area contributed by atoms with Crippen molar-refractivity contribution in [2.45, 2.75) is 19.0 Å². The highest BCUT2D eigenvalue weighted by atomic mass is 16.5. The average Bonchev–Trinajstić information content (AvgIpc) is 3.26. The smallest absolute Gasteiger partial charge is 0.318 e. The lowest BCUT2D eigenvalue weighted by atomic mass is 9.99. The van der Waals surface area contributed by atoms with Crippen molar-refractivity contribution in [2.24, 2.45) is 7.05 Å². The SMILES string of the molecule is COc1cc2c(cc1OC)CN(C(=O)NC(c1ccccc1OC)c1nccn1C)CC2. The molecule has 8 heteroatoms. The molecule has 1 atom stereocenters. The van der Waals surface area contributed by atoms with Crippen molar-refractivity contribution in [1.29, 1.82) is 0 Å². The molecule has 4 rings (SSSR count). The first-order valence-electron chi connectivity index (χ1n) is 10.4. The van der Waals surface area contributed by atoms with Gasteiger partial charge >= 0.3 is 6.03 Å². The summed E-state index contributed by atoms with van der Waals surface area (Å²) in [6.45, 7) is 1.09. The summed E-state index contributed by atoms with van der Waals surface area (Å²) >= 11 is 0. The van der Waals surface area contributed by atoms with Crippen molar-refractivity contribution >= 4 is 6.03 Å². The van der Waals surface area contributed by atoms with Gasteiger partial charge < -0.3 is 29.0 Å². The van der Waals surface area contributed by atoms with Crippen LogP contribution in [0.4, 0.5) is 4.79 Å². The third kappa shape index (κ3) is 4.08. The van der Waals surface area contributed by atoms with Gasteiger partial charge in [-0.05, 0) is 35.7 Å². The number of aryl methyl sites for hydroxylation is 1. The lowest BCUT2D eigenvalue weighted by Crippen LogP contribution is -2.44. The molecule has 0 radical (unpaired) electrons. The number of carbonyl (C=O) groups is 1. The molecule has 0 spiro atoms. The number of nitrogens with one attached hydrogen (secondary N) is 1. The van der Waals surface area contributed by atoms with E-state index < -0.39 is 6.04 Å². The maximum Gasteiger partial charge on any atom is 0.318 e. The fraction of sp³-hybridized carbons (Fsp3) is 0.333. The molecule has 3 aromatic rings. The molecule has 2 heterocycles. The Kier molecular flexibility index (Phi) is 6.20. The summed E-state index contributed by atoms with van der Waals surface area (Å²) in [5, 5.41) is 3.17. The average molecular weight is 437 g/mol. The fourth-order valence-corrected chi connectivity index (χ4v) is 4.11. The summed E-state index contributed by atoms with van der Waals surface area (Å²) in [6.07, 6.45) is 4.33. The Morgan fingerprint density at radius 1 is 1.03 bits per heavy atom. The van der Waals surface area contributed by atoms with E-state index in [9.17, 15) is 4.79 Å². The summed E-state index contributed by atoms with van der Waals surface area (Å²) < 4.78 is 18.3. The van der Waals surface area contributed by atoms with Gasteiger partial charge in [0.25, 0.3) is 0 Å². The van der Waals surface area contributed by atoms with E-state index in [1.54, 1.807) is 32.4 Å². The number of carbonyl (C=O) groups excluding carboxylic acids is 1. The molecule has 0 fully saturated rings. The lowest BCUT2D eigenvalue weighted by Gasteiger charge is -2.31. The van der Waals surface area contributed by atoms with E-state index in [4.69, 9.17) is 14.2 Å². The molecule has 32 heavy (non-hydrogen) atoms. The van der Waals surface area contributed by atoms with E-state index in [1.807, 2.05) is 54.2 Å². The van der Waals surface area contributed by atoms with Gasteiger partial charge in [0.1, 0.15) is 17.6 Å². The van der Waals surface area contributed by atoms with Gasteiger partial charge in [0, 0.05) is 38.1 Å². The Labute approximate surface area is 187 Å². The van der Waals surface area contributed by atoms with E-state index in [2.05, 4.69) is 10.3 Å². The van der Waals surface area contributed by atoms with Crippen molar-refractivity contribution < 1.29 is 19.0 Å². The monoisotopic (exact) mass is 436 g/mol. The first kappa shape index (κ1) is 21.5. The Balaban J connectivity index is 1.60. The molecule has 2 aromatic carbocycles. The van der Waals surface area contributed by atoms with Crippen LogP contribution in [0.1, 0.15) is 28.6 Å². The summed E-state index contributed by atoms with van der Waals surface area (Å²) in [5.41, 5.74) is 3.06. The molecule has 1 unspecified atom stereocenters. The highest BCUT2D eigenvalue weighted by Crippen LogP contribution is 2.34. The predicted molar refractivity (Wildman–Crippen MR) is 120 cm³/mol. The quantitative estimate of drug-likeness (QED) is 0.642. The maximum absolute atomic E-state index is 13.4. The molecule has 8 nitrogen and oxygen atoms in total. The van der Waals surface area contributed by atoms with Crippen LogP contribution in [0.2, 0.25) is 0 Å². The third-order valence-corrected chi connectivity index (χ3v) is 5.84. The van der Waals surface area contributed by atoms with Gasteiger partial charge in [0.15, 0.2) is 11.5 Å². The van der Waals surface area contributed by atoms with E-state index in [0.29, 0.717) is 30.3 Å². The number of amides is 2. The molecule has 0 aliphatic carbocycles. The minimum absolute atomic E-state index is 0.163. The number of hydrogen-bond acceptors (Lipinski definition) is 5. The van der Waals surface area contributed by atoms with Gasteiger partial charge in [0.2, 0.25) is 0 Å². The zero-order valence-corrected chi connectivity index (χ0v) is 18.8. The molecule has 168 valence electrons. The Bertz CT molecular complexity index is 1110. The topological polar surface area (TPSA) is 77.8 Å². The minimum Gasteiger partial charge on any atom is -0.496 e. The number of para-hydroxylation sites is 1. The first-order valence-corrected chi connectivity index (χ1v) is 10.4. The molecular weight excluding hydrogens is 408 g/mol. The third-order valence-electron chi connectivity index (χ3n) is 5.84. The lowest BCUT2D eigenvalue weighted by molar-refractivity contribution is 0.189. The minimum atomic E-state index is -0.453. The second-order valence-corrected chi connectivity index (χ2v) is 7.67. The van der Waals surface area contributed by atoms with Crippen LogP contribution >= 0.6 is 0 Å². The predicted octanol–water partition coefficient (Wildman–Crippen LogP) is 3.30. The number of rotatable bonds is 6. The Morgan fingerprint density at radius 2 is 1.72 bits per heavy atom. The first-order chi connectivity index (χ1) is 15.5. The second-order valence-electron chi connectivity index (χ2n) is 7.67. The number of aromatic nitrogens is 2. The largest absolute Gasteiger partial charge is 0.496 e. The molecule has 1 aromatic heterocycles. The van der Waals surface area contributed by atoms with Gasteiger partial charge in [-0.25, -0.2) is 9.78 Å². The fourth-order valence-electron chi connectivity index (χ4n) is 4.11. The van der Waals surface area contributed by atoms with Gasteiger partial charge in [-0.1, -0.05) is 18.2 Å². The molecule has 0 saturated heterocycles. The van der Waals surface area contributed by atoms with Crippen molar-refractivity contribution in [2.75, 3.05) is 27.9 Å². The summed E-state index contributed by atoms with van der Waals surface area (Å²) in [4.78, 5) is 19.6. The van der Waals surface area contributed by atoms with Crippen LogP contribution in [0, 0.1) is 0 Å². The van der Waals surface area contributed by atoms with Crippen LogP contribution in [0.5, 0.6) is 17.2 Å². The summed E-state index contributed by atoms with van der Waals surface area (Å²) in [6, 6.07) is 11.0. The number of nitrogens with zero attached hydrogens (tertiary/aromatic N) is 3. The van der Waals surface area contributed by atoms with Crippen molar-refractivity contribution in [1.82, 2.24) is 19.8 Å². The van der Waals surface area contributed by atoms with Gasteiger partial charge in [-0.2, -0.15) is 0 Å². The normalized spacial score (nSPS) is 13.8. The number of imidazole rings is 1. The maximum atomic E-state index is 13.4. The van der Waals surface area contributed by atoms with E-state index >= 15 is 0 Å². The summed E-state index contributed by atoms with van der Waals surface area (Å²) in [7, 11) is 6.78. The van der Waals surface area contributed by atoms with Crippen LogP contribution in [0.15, 0.2) is 48.8 Å². The van der Waals surface area contributed by atoms with Crippen LogP contribution in [-0.4, -0.2) is 48.4 Å². The van der Waals surface area contributed by atoms with Gasteiger partial charge in [-0.15, -0.1) is 0 Å². The standard InChI is InChI=1S/C24H28N4O4/c1-27-12-10-25-23(27)22(18-7-5-6-8-19(18)30-2)26-24(29)28-11-9-16-13-20(31-3)21(32-4)14-17(16)15-28/h5-8,10,12-14,22H,9,11,15H2,1-4H3,(H,26,29). The van der Waals surface area contributed by atoms with Crippen molar-refractivity contribution in [3.05, 3.63) is 71.3 Å². The van der Waals surface area contributed by atoms with Crippen molar-refractivity contribution in [3.8, 4) is 17.2 Å². The van der Waals surface area contributed by atoms with Crippen LogP contribution in [0.25, 0.3) is 0 Å². The zero-order chi connectivity index (χ0) is 22.7. The number of ether oxygens (including phenoxy) is 3. The molecule has 1 aliphatic rings. The van der Waals surface area contributed by atoms with Crippen LogP contribution in [0.3, 0.4) is 0 Å². The van der Waals surface area contributed by atoms with E-state index in [-0.39, 0.29) is 6.03 Å². The van der Waals surface area contributed by atoms with Gasteiger partial charge in [-0.3, -0.25) is 0 Å². The Morgan fingerprint density at radius 3 is 2.38 bits per heavy atom. The van der Waals surface area contributed by atoms with E-state index in [0.717, 1.165) is 28.9 Å². The van der Waals surface area contributed by atoms with E-state index in [1.165, 1.54) is 0 Å². The number of methoxy groups -OCH3 is 3. The molecule has 1 aliphatic heterocycles. The number of urea groups is 1. The number of benzene rings is 2. The number of hydrogen-bond donors (Lipinski definition) is 1. The molecular formula is C24H28N4O4.